The molecule has 0 unspecified atom stereocenters. The van der Waals surface area contributed by atoms with Gasteiger partial charge >= 0.3 is 0 Å². The standard InChI is InChI=1S/C13H21N5O2S/c1-15-9(19)8-16-12(20)10-11(14)17-13(21-10)18-6-4-2-3-5-7-18/h2-8,14H2,1H3,(H,15,19)(H,16,20). The van der Waals surface area contributed by atoms with Crippen molar-refractivity contribution >= 4 is 34.1 Å². The Balaban J connectivity index is 2.03. The molecular weight excluding hydrogens is 290 g/mol. The molecule has 8 heteroatoms. The maximum Gasteiger partial charge on any atom is 0.265 e. The molecule has 0 bridgehead atoms. The first-order chi connectivity index (χ1) is 10.1. The summed E-state index contributed by atoms with van der Waals surface area (Å²) in [5.41, 5.74) is 5.84. The summed E-state index contributed by atoms with van der Waals surface area (Å²) in [6.07, 6.45) is 4.74. The molecule has 0 radical (unpaired) electrons. The molecule has 1 aliphatic heterocycles. The number of thiazole rings is 1. The highest BCUT2D eigenvalue weighted by molar-refractivity contribution is 7.18. The molecule has 0 spiro atoms. The Hall–Kier alpha value is -1.83. The average Bonchev–Trinajstić information content (AvgIpc) is 2.70. The van der Waals surface area contributed by atoms with E-state index in [-0.39, 0.29) is 24.2 Å². The third-order valence-corrected chi connectivity index (χ3v) is 4.54. The highest BCUT2D eigenvalue weighted by Gasteiger charge is 2.20. The summed E-state index contributed by atoms with van der Waals surface area (Å²) in [5.74, 6) is -0.373. The van der Waals surface area contributed by atoms with Gasteiger partial charge in [-0.05, 0) is 12.8 Å². The Morgan fingerprint density at radius 2 is 1.95 bits per heavy atom. The summed E-state index contributed by atoms with van der Waals surface area (Å²) in [4.78, 5) is 30.0. The Labute approximate surface area is 127 Å². The van der Waals surface area contributed by atoms with Gasteiger partial charge in [0.1, 0.15) is 10.7 Å². The first kappa shape index (κ1) is 15.6. The van der Waals surface area contributed by atoms with Crippen LogP contribution < -0.4 is 21.3 Å². The quantitative estimate of drug-likeness (QED) is 0.755. The fourth-order valence-corrected chi connectivity index (χ4v) is 3.16. The van der Waals surface area contributed by atoms with Crippen molar-refractivity contribution in [1.82, 2.24) is 15.6 Å². The van der Waals surface area contributed by atoms with Gasteiger partial charge in [-0.15, -0.1) is 0 Å². The van der Waals surface area contributed by atoms with E-state index in [1.54, 1.807) is 0 Å². The lowest BCUT2D eigenvalue weighted by atomic mass is 10.2. The van der Waals surface area contributed by atoms with Crippen LogP contribution in [0.2, 0.25) is 0 Å². The third kappa shape index (κ3) is 4.07. The van der Waals surface area contributed by atoms with E-state index in [1.807, 2.05) is 0 Å². The van der Waals surface area contributed by atoms with E-state index < -0.39 is 0 Å². The Morgan fingerprint density at radius 1 is 1.29 bits per heavy atom. The number of nitrogen functional groups attached to an aromatic ring is 1. The normalized spacial score (nSPS) is 15.4. The van der Waals surface area contributed by atoms with Crippen molar-refractivity contribution in [2.45, 2.75) is 25.7 Å². The molecule has 21 heavy (non-hydrogen) atoms. The molecule has 0 aliphatic carbocycles. The van der Waals surface area contributed by atoms with Crippen molar-refractivity contribution in [3.63, 3.8) is 0 Å². The fourth-order valence-electron chi connectivity index (χ4n) is 2.21. The summed E-state index contributed by atoms with van der Waals surface area (Å²) < 4.78 is 0. The average molecular weight is 311 g/mol. The van der Waals surface area contributed by atoms with Gasteiger partial charge in [0.2, 0.25) is 5.91 Å². The number of amides is 2. The molecular formula is C13H21N5O2S. The van der Waals surface area contributed by atoms with Gasteiger partial charge in [0.05, 0.1) is 6.54 Å². The third-order valence-electron chi connectivity index (χ3n) is 3.41. The van der Waals surface area contributed by atoms with Gasteiger partial charge in [-0.25, -0.2) is 4.98 Å². The van der Waals surface area contributed by atoms with E-state index in [4.69, 9.17) is 5.73 Å². The zero-order valence-electron chi connectivity index (χ0n) is 12.1. The topological polar surface area (TPSA) is 100 Å². The summed E-state index contributed by atoms with van der Waals surface area (Å²) in [5, 5.41) is 5.78. The maximum absolute atomic E-state index is 12.0. The van der Waals surface area contributed by atoms with E-state index in [0.29, 0.717) is 4.88 Å². The summed E-state index contributed by atoms with van der Waals surface area (Å²) >= 11 is 1.29. The molecule has 1 saturated heterocycles. The van der Waals surface area contributed by atoms with Gasteiger partial charge < -0.3 is 21.3 Å². The van der Waals surface area contributed by atoms with Crippen LogP contribution >= 0.6 is 11.3 Å². The number of nitrogens with zero attached hydrogens (tertiary/aromatic N) is 2. The van der Waals surface area contributed by atoms with Crippen molar-refractivity contribution in [1.29, 1.82) is 0 Å². The van der Waals surface area contributed by atoms with Crippen LogP contribution in [0.1, 0.15) is 35.4 Å². The van der Waals surface area contributed by atoms with Crippen molar-refractivity contribution in [3.8, 4) is 0 Å². The number of nitrogens with one attached hydrogen (secondary N) is 2. The number of rotatable bonds is 4. The summed E-state index contributed by atoms with van der Waals surface area (Å²) in [6, 6.07) is 0. The predicted molar refractivity (Wildman–Crippen MR) is 83.6 cm³/mol. The molecule has 7 nitrogen and oxygen atoms in total. The second-order valence-electron chi connectivity index (χ2n) is 4.97. The van der Waals surface area contributed by atoms with Gasteiger partial charge in [0, 0.05) is 20.1 Å². The van der Waals surface area contributed by atoms with Gasteiger partial charge in [-0.2, -0.15) is 0 Å². The highest BCUT2D eigenvalue weighted by atomic mass is 32.1. The van der Waals surface area contributed by atoms with Crippen molar-refractivity contribution in [3.05, 3.63) is 4.88 Å². The SMILES string of the molecule is CNC(=O)CNC(=O)c1sc(N2CCCCCC2)nc1N. The fraction of sp³-hybridized carbons (Fsp3) is 0.615. The first-order valence-electron chi connectivity index (χ1n) is 7.12. The van der Waals surface area contributed by atoms with Gasteiger partial charge in [-0.3, -0.25) is 9.59 Å². The van der Waals surface area contributed by atoms with Gasteiger partial charge in [-0.1, -0.05) is 24.2 Å². The largest absolute Gasteiger partial charge is 0.382 e. The molecule has 2 heterocycles. The van der Waals surface area contributed by atoms with Gasteiger partial charge in [0.15, 0.2) is 5.13 Å². The lowest BCUT2D eigenvalue weighted by Gasteiger charge is -2.18. The minimum absolute atomic E-state index is 0.0638. The van der Waals surface area contributed by atoms with E-state index in [1.165, 1.54) is 31.2 Å². The number of aromatic nitrogens is 1. The lowest BCUT2D eigenvalue weighted by Crippen LogP contribution is -2.35. The summed E-state index contributed by atoms with van der Waals surface area (Å²) in [7, 11) is 1.52. The van der Waals surface area contributed by atoms with Crippen LogP contribution in [0.15, 0.2) is 0 Å². The number of anilines is 2. The number of hydrogen-bond donors (Lipinski definition) is 3. The number of carbonyl (C=O) groups is 2. The van der Waals surface area contributed by atoms with E-state index >= 15 is 0 Å². The Morgan fingerprint density at radius 3 is 2.57 bits per heavy atom. The van der Waals surface area contributed by atoms with Crippen LogP contribution in [0.25, 0.3) is 0 Å². The number of carbonyl (C=O) groups excluding carboxylic acids is 2. The number of nitrogens with two attached hydrogens (primary N) is 1. The van der Waals surface area contributed by atoms with Crippen LogP contribution in [0.4, 0.5) is 10.9 Å². The molecule has 4 N–H and O–H groups in total. The van der Waals surface area contributed by atoms with Crippen LogP contribution in [0, 0.1) is 0 Å². The van der Waals surface area contributed by atoms with Crippen LogP contribution in [-0.2, 0) is 4.79 Å². The van der Waals surface area contributed by atoms with Crippen molar-refractivity contribution < 1.29 is 9.59 Å². The molecule has 2 rings (SSSR count). The molecule has 1 aliphatic rings. The second-order valence-corrected chi connectivity index (χ2v) is 5.95. The molecule has 116 valence electrons. The minimum Gasteiger partial charge on any atom is -0.382 e. The van der Waals surface area contributed by atoms with E-state index in [0.717, 1.165) is 31.1 Å². The maximum atomic E-state index is 12.0. The molecule has 0 saturated carbocycles. The zero-order chi connectivity index (χ0) is 15.2. The van der Waals surface area contributed by atoms with Crippen LogP contribution in [0.5, 0.6) is 0 Å². The van der Waals surface area contributed by atoms with Crippen molar-refractivity contribution in [2.24, 2.45) is 0 Å². The Kier molecular flexibility index (Phi) is 5.38. The lowest BCUT2D eigenvalue weighted by molar-refractivity contribution is -0.119. The Bertz CT molecular complexity index is 509. The summed E-state index contributed by atoms with van der Waals surface area (Å²) in [6.45, 7) is 1.84. The molecule has 2 amide bonds. The minimum atomic E-state index is -0.352. The van der Waals surface area contributed by atoms with E-state index in [2.05, 4.69) is 20.5 Å². The highest BCUT2D eigenvalue weighted by Crippen LogP contribution is 2.29. The van der Waals surface area contributed by atoms with E-state index in [9.17, 15) is 9.59 Å². The molecule has 1 aromatic heterocycles. The van der Waals surface area contributed by atoms with Gasteiger partial charge in [0.25, 0.3) is 5.91 Å². The molecule has 0 atom stereocenters. The smallest absolute Gasteiger partial charge is 0.265 e. The first-order valence-corrected chi connectivity index (χ1v) is 7.93. The second kappa shape index (κ2) is 7.26. The zero-order valence-corrected chi connectivity index (χ0v) is 13.0. The molecule has 0 aromatic carbocycles. The monoisotopic (exact) mass is 311 g/mol. The van der Waals surface area contributed by atoms with Crippen molar-refractivity contribution in [2.75, 3.05) is 37.3 Å². The van der Waals surface area contributed by atoms with Crippen LogP contribution in [-0.4, -0.2) is 43.5 Å². The number of likely N-dealkylation sites (N-methyl/N-ethyl adjacent to an activating group) is 1. The van der Waals surface area contributed by atoms with Crippen LogP contribution in [0.3, 0.4) is 0 Å². The number of hydrogen-bond acceptors (Lipinski definition) is 6. The predicted octanol–water partition coefficient (Wildman–Crippen LogP) is 0.581. The molecule has 1 aromatic rings. The molecule has 1 fully saturated rings.